The maximum absolute atomic E-state index is 13.5. The van der Waals surface area contributed by atoms with E-state index in [4.69, 9.17) is 0 Å². The van der Waals surface area contributed by atoms with Crippen molar-refractivity contribution in [3.63, 3.8) is 0 Å². The Morgan fingerprint density at radius 1 is 1.53 bits per heavy atom. The van der Waals surface area contributed by atoms with Gasteiger partial charge in [-0.2, -0.15) is 0 Å². The summed E-state index contributed by atoms with van der Waals surface area (Å²) in [6.45, 7) is 6.25. The van der Waals surface area contributed by atoms with E-state index >= 15 is 0 Å². The molecule has 1 aromatic rings. The average Bonchev–Trinajstić information content (AvgIpc) is 2.30. The standard InChI is InChI=1S/C13H18BrFN2/c1-10-9-17(7-5-16-10)6-4-11-8-12(14)2-3-13(11)15/h2-3,8,10,16H,4-7,9H2,1H3. The van der Waals surface area contributed by atoms with E-state index in [0.717, 1.165) is 42.6 Å². The third-order valence-corrected chi connectivity index (χ3v) is 3.65. The molecule has 1 aliphatic heterocycles. The van der Waals surface area contributed by atoms with Crippen LogP contribution in [0.5, 0.6) is 0 Å². The smallest absolute Gasteiger partial charge is 0.126 e. The van der Waals surface area contributed by atoms with Crippen molar-refractivity contribution in [3.8, 4) is 0 Å². The van der Waals surface area contributed by atoms with E-state index in [-0.39, 0.29) is 5.82 Å². The maximum atomic E-state index is 13.5. The zero-order valence-electron chi connectivity index (χ0n) is 10.0. The lowest BCUT2D eigenvalue weighted by molar-refractivity contribution is 0.209. The molecule has 0 spiro atoms. The number of hydrogen-bond donors (Lipinski definition) is 1. The Morgan fingerprint density at radius 3 is 3.12 bits per heavy atom. The Morgan fingerprint density at radius 2 is 2.35 bits per heavy atom. The van der Waals surface area contributed by atoms with E-state index < -0.39 is 0 Å². The number of benzene rings is 1. The van der Waals surface area contributed by atoms with Crippen LogP contribution in [0.15, 0.2) is 22.7 Å². The van der Waals surface area contributed by atoms with E-state index in [1.807, 2.05) is 6.07 Å². The van der Waals surface area contributed by atoms with Crippen LogP contribution >= 0.6 is 15.9 Å². The van der Waals surface area contributed by atoms with Crippen LogP contribution in [0.1, 0.15) is 12.5 Å². The molecule has 1 aliphatic rings. The number of nitrogens with zero attached hydrogens (tertiary/aromatic N) is 1. The van der Waals surface area contributed by atoms with Crippen LogP contribution in [0.25, 0.3) is 0 Å². The van der Waals surface area contributed by atoms with Crippen molar-refractivity contribution in [1.82, 2.24) is 10.2 Å². The van der Waals surface area contributed by atoms with Gasteiger partial charge in [0.05, 0.1) is 0 Å². The van der Waals surface area contributed by atoms with Crippen molar-refractivity contribution in [2.45, 2.75) is 19.4 Å². The van der Waals surface area contributed by atoms with Crippen LogP contribution in [0.2, 0.25) is 0 Å². The van der Waals surface area contributed by atoms with Gasteiger partial charge in [-0.3, -0.25) is 0 Å². The topological polar surface area (TPSA) is 15.3 Å². The minimum absolute atomic E-state index is 0.101. The van der Waals surface area contributed by atoms with E-state index in [1.165, 1.54) is 6.07 Å². The van der Waals surface area contributed by atoms with Crippen molar-refractivity contribution in [1.29, 1.82) is 0 Å². The third kappa shape index (κ3) is 3.76. The van der Waals surface area contributed by atoms with Gasteiger partial charge in [0, 0.05) is 36.7 Å². The summed E-state index contributed by atoms with van der Waals surface area (Å²) in [6, 6.07) is 5.68. The van der Waals surface area contributed by atoms with E-state index in [2.05, 4.69) is 33.1 Å². The first-order valence-corrected chi connectivity index (χ1v) is 6.84. The van der Waals surface area contributed by atoms with Gasteiger partial charge in [0.25, 0.3) is 0 Å². The Bertz CT molecular complexity index is 384. The highest BCUT2D eigenvalue weighted by Crippen LogP contribution is 2.16. The lowest BCUT2D eigenvalue weighted by atomic mass is 10.1. The van der Waals surface area contributed by atoms with Crippen molar-refractivity contribution in [2.24, 2.45) is 0 Å². The summed E-state index contributed by atoms with van der Waals surface area (Å²) >= 11 is 3.38. The molecule has 0 amide bonds. The summed E-state index contributed by atoms with van der Waals surface area (Å²) in [5.74, 6) is -0.101. The normalized spacial score (nSPS) is 21.7. The van der Waals surface area contributed by atoms with E-state index in [9.17, 15) is 4.39 Å². The van der Waals surface area contributed by atoms with Crippen LogP contribution in [0.4, 0.5) is 4.39 Å². The number of rotatable bonds is 3. The molecule has 0 saturated carbocycles. The Hall–Kier alpha value is -0.450. The highest BCUT2D eigenvalue weighted by Gasteiger charge is 2.15. The van der Waals surface area contributed by atoms with Gasteiger partial charge >= 0.3 is 0 Å². The number of nitrogens with one attached hydrogen (secondary N) is 1. The first-order chi connectivity index (χ1) is 8.15. The molecule has 0 aliphatic carbocycles. The monoisotopic (exact) mass is 300 g/mol. The molecular formula is C13H18BrFN2. The summed E-state index contributed by atoms with van der Waals surface area (Å²) < 4.78 is 14.5. The molecule has 17 heavy (non-hydrogen) atoms. The van der Waals surface area contributed by atoms with Gasteiger partial charge < -0.3 is 10.2 Å². The van der Waals surface area contributed by atoms with Gasteiger partial charge in [-0.1, -0.05) is 15.9 Å². The second kappa shape index (κ2) is 5.94. The van der Waals surface area contributed by atoms with Gasteiger partial charge in [-0.15, -0.1) is 0 Å². The Balaban J connectivity index is 1.90. The van der Waals surface area contributed by atoms with Crippen molar-refractivity contribution in [2.75, 3.05) is 26.2 Å². The number of hydrogen-bond acceptors (Lipinski definition) is 2. The molecule has 0 aromatic heterocycles. The maximum Gasteiger partial charge on any atom is 0.126 e. The Labute approximate surface area is 110 Å². The second-order valence-electron chi connectivity index (χ2n) is 4.64. The molecule has 1 aromatic carbocycles. The molecule has 94 valence electrons. The minimum atomic E-state index is -0.101. The van der Waals surface area contributed by atoms with Crippen LogP contribution < -0.4 is 5.32 Å². The average molecular weight is 301 g/mol. The van der Waals surface area contributed by atoms with Gasteiger partial charge in [-0.05, 0) is 37.1 Å². The molecule has 4 heteroatoms. The van der Waals surface area contributed by atoms with Crippen LogP contribution in [0, 0.1) is 5.82 Å². The van der Waals surface area contributed by atoms with Gasteiger partial charge in [0.2, 0.25) is 0 Å². The van der Waals surface area contributed by atoms with Crippen molar-refractivity contribution in [3.05, 3.63) is 34.1 Å². The molecule has 0 bridgehead atoms. The molecule has 2 nitrogen and oxygen atoms in total. The third-order valence-electron chi connectivity index (χ3n) is 3.16. The molecule has 2 rings (SSSR count). The van der Waals surface area contributed by atoms with Gasteiger partial charge in [-0.25, -0.2) is 4.39 Å². The molecule has 1 saturated heterocycles. The molecule has 0 radical (unpaired) electrons. The molecule has 1 fully saturated rings. The summed E-state index contributed by atoms with van der Waals surface area (Å²) in [5.41, 5.74) is 0.797. The molecule has 1 heterocycles. The first-order valence-electron chi connectivity index (χ1n) is 6.05. The highest BCUT2D eigenvalue weighted by atomic mass is 79.9. The predicted octanol–water partition coefficient (Wildman–Crippen LogP) is 2.42. The minimum Gasteiger partial charge on any atom is -0.312 e. The Kier molecular flexibility index (Phi) is 4.54. The molecule has 1 N–H and O–H groups in total. The molecular weight excluding hydrogens is 283 g/mol. The van der Waals surface area contributed by atoms with Crippen molar-refractivity contribution < 1.29 is 4.39 Å². The summed E-state index contributed by atoms with van der Waals surface area (Å²) in [5, 5.41) is 3.41. The second-order valence-corrected chi connectivity index (χ2v) is 5.56. The van der Waals surface area contributed by atoms with Crippen LogP contribution in [-0.2, 0) is 6.42 Å². The van der Waals surface area contributed by atoms with E-state index in [0.29, 0.717) is 6.04 Å². The molecule has 1 atom stereocenters. The largest absolute Gasteiger partial charge is 0.312 e. The van der Waals surface area contributed by atoms with Crippen LogP contribution in [0.3, 0.4) is 0 Å². The van der Waals surface area contributed by atoms with Crippen LogP contribution in [-0.4, -0.2) is 37.1 Å². The predicted molar refractivity (Wildman–Crippen MR) is 71.7 cm³/mol. The summed E-state index contributed by atoms with van der Waals surface area (Å²) in [4.78, 5) is 2.39. The fourth-order valence-corrected chi connectivity index (χ4v) is 2.64. The zero-order chi connectivity index (χ0) is 12.3. The number of halogens is 2. The summed E-state index contributed by atoms with van der Waals surface area (Å²) in [6.07, 6.45) is 0.776. The fraction of sp³-hybridized carbons (Fsp3) is 0.538. The lowest BCUT2D eigenvalue weighted by Gasteiger charge is -2.31. The highest BCUT2D eigenvalue weighted by molar-refractivity contribution is 9.10. The fourth-order valence-electron chi connectivity index (χ4n) is 2.23. The van der Waals surface area contributed by atoms with Gasteiger partial charge in [0.1, 0.15) is 5.82 Å². The molecule has 1 unspecified atom stereocenters. The summed E-state index contributed by atoms with van der Waals surface area (Å²) in [7, 11) is 0. The zero-order valence-corrected chi connectivity index (χ0v) is 11.6. The first kappa shape index (κ1) is 13.0. The van der Waals surface area contributed by atoms with Crippen molar-refractivity contribution >= 4 is 15.9 Å². The number of piperazine rings is 1. The lowest BCUT2D eigenvalue weighted by Crippen LogP contribution is -2.49. The van der Waals surface area contributed by atoms with E-state index in [1.54, 1.807) is 6.07 Å². The van der Waals surface area contributed by atoms with Gasteiger partial charge in [0.15, 0.2) is 0 Å². The quantitative estimate of drug-likeness (QED) is 0.922. The SMILES string of the molecule is CC1CN(CCc2cc(Br)ccc2F)CCN1.